The summed E-state index contributed by atoms with van der Waals surface area (Å²) < 4.78 is 38.2. The standard InChI is InChI=1S/C20H27N3O5S/c1-22(14-17-7-6-12-28-17)15-20(24)21-16-8-9-18(27-2)19(13-16)29(25,26)23-10-4-3-5-11-23/h6-9,12-13H,3-5,10-11,14-15H2,1-2H3,(H,21,24)/p+1. The lowest BCUT2D eigenvalue weighted by Gasteiger charge is -2.26. The molecule has 1 amide bonds. The second-order valence-electron chi connectivity index (χ2n) is 7.27. The van der Waals surface area contributed by atoms with Gasteiger partial charge in [0, 0.05) is 18.8 Å². The Morgan fingerprint density at radius 3 is 2.66 bits per heavy atom. The molecule has 1 fully saturated rings. The molecule has 1 atom stereocenters. The monoisotopic (exact) mass is 422 g/mol. The van der Waals surface area contributed by atoms with Crippen LogP contribution >= 0.6 is 0 Å². The van der Waals surface area contributed by atoms with Crippen LogP contribution in [-0.2, 0) is 21.4 Å². The lowest BCUT2D eigenvalue weighted by atomic mass is 10.2. The molecule has 8 nitrogen and oxygen atoms in total. The topological polar surface area (TPSA) is 93.3 Å². The number of rotatable bonds is 8. The van der Waals surface area contributed by atoms with Crippen LogP contribution in [0.15, 0.2) is 45.9 Å². The van der Waals surface area contributed by atoms with E-state index in [4.69, 9.17) is 9.15 Å². The maximum atomic E-state index is 13.1. The predicted molar refractivity (Wildman–Crippen MR) is 108 cm³/mol. The summed E-state index contributed by atoms with van der Waals surface area (Å²) in [6.45, 7) is 1.81. The summed E-state index contributed by atoms with van der Waals surface area (Å²) in [6.07, 6.45) is 4.34. The van der Waals surface area contributed by atoms with Crippen molar-refractivity contribution in [3.05, 3.63) is 42.4 Å². The number of amides is 1. The first-order valence-corrected chi connectivity index (χ1v) is 11.2. The second-order valence-corrected chi connectivity index (χ2v) is 9.17. The number of benzene rings is 1. The van der Waals surface area contributed by atoms with E-state index in [1.807, 2.05) is 19.2 Å². The van der Waals surface area contributed by atoms with Gasteiger partial charge in [0.25, 0.3) is 5.91 Å². The number of furan rings is 1. The van der Waals surface area contributed by atoms with Gasteiger partial charge in [0.2, 0.25) is 10.0 Å². The molecule has 3 rings (SSSR count). The zero-order valence-corrected chi connectivity index (χ0v) is 17.6. The molecule has 0 spiro atoms. The summed E-state index contributed by atoms with van der Waals surface area (Å²) in [5.41, 5.74) is 0.428. The average Bonchev–Trinajstić information content (AvgIpc) is 3.21. The van der Waals surface area contributed by atoms with Crippen molar-refractivity contribution in [2.75, 3.05) is 39.1 Å². The zero-order valence-electron chi connectivity index (χ0n) is 16.8. The number of nitrogens with zero attached hydrogens (tertiary/aromatic N) is 1. The molecule has 0 aliphatic carbocycles. The van der Waals surface area contributed by atoms with Crippen molar-refractivity contribution in [2.45, 2.75) is 30.7 Å². The molecule has 158 valence electrons. The van der Waals surface area contributed by atoms with Crippen LogP contribution in [0.3, 0.4) is 0 Å². The predicted octanol–water partition coefficient (Wildman–Crippen LogP) is 1.12. The molecule has 0 saturated carbocycles. The number of methoxy groups -OCH3 is 1. The average molecular weight is 423 g/mol. The third-order valence-electron chi connectivity index (χ3n) is 4.90. The minimum Gasteiger partial charge on any atom is -0.495 e. The number of hydrogen-bond acceptors (Lipinski definition) is 5. The molecule has 0 radical (unpaired) electrons. The molecule has 1 unspecified atom stereocenters. The summed E-state index contributed by atoms with van der Waals surface area (Å²) in [5, 5.41) is 2.79. The normalized spacial score (nSPS) is 16.3. The number of anilines is 1. The lowest BCUT2D eigenvalue weighted by molar-refractivity contribution is -0.886. The number of nitrogens with one attached hydrogen (secondary N) is 2. The first-order valence-electron chi connectivity index (χ1n) is 9.72. The number of carbonyl (C=O) groups is 1. The van der Waals surface area contributed by atoms with Crippen molar-refractivity contribution in [1.29, 1.82) is 0 Å². The number of sulfonamides is 1. The van der Waals surface area contributed by atoms with Crippen LogP contribution in [0.1, 0.15) is 25.0 Å². The first-order chi connectivity index (χ1) is 13.9. The van der Waals surface area contributed by atoms with Crippen molar-refractivity contribution in [3.63, 3.8) is 0 Å². The van der Waals surface area contributed by atoms with E-state index in [2.05, 4.69) is 5.32 Å². The van der Waals surface area contributed by atoms with Gasteiger partial charge in [0.15, 0.2) is 12.3 Å². The lowest BCUT2D eigenvalue weighted by Crippen LogP contribution is -3.08. The van der Waals surface area contributed by atoms with Crippen LogP contribution in [0.2, 0.25) is 0 Å². The number of carbonyl (C=O) groups excluding carboxylic acids is 1. The van der Waals surface area contributed by atoms with E-state index in [-0.39, 0.29) is 23.1 Å². The molecule has 2 aromatic rings. The maximum absolute atomic E-state index is 13.1. The van der Waals surface area contributed by atoms with Crippen LogP contribution < -0.4 is 15.0 Å². The molecular weight excluding hydrogens is 394 g/mol. The van der Waals surface area contributed by atoms with E-state index in [1.54, 1.807) is 18.4 Å². The number of quaternary nitrogens is 1. The number of hydrogen-bond donors (Lipinski definition) is 2. The maximum Gasteiger partial charge on any atom is 0.279 e. The van der Waals surface area contributed by atoms with E-state index >= 15 is 0 Å². The minimum absolute atomic E-state index is 0.0796. The second kappa shape index (κ2) is 9.43. The molecule has 1 aliphatic heterocycles. The van der Waals surface area contributed by atoms with Gasteiger partial charge in [-0.15, -0.1) is 0 Å². The molecule has 1 aromatic carbocycles. The largest absolute Gasteiger partial charge is 0.495 e. The summed E-state index contributed by atoms with van der Waals surface area (Å²) >= 11 is 0. The summed E-state index contributed by atoms with van der Waals surface area (Å²) in [4.78, 5) is 13.4. The summed E-state index contributed by atoms with van der Waals surface area (Å²) in [5.74, 6) is 0.865. The molecule has 1 aromatic heterocycles. The van der Waals surface area contributed by atoms with E-state index in [9.17, 15) is 13.2 Å². The molecule has 1 saturated heterocycles. The fourth-order valence-corrected chi connectivity index (χ4v) is 5.15. The van der Waals surface area contributed by atoms with Gasteiger partial charge < -0.3 is 19.4 Å². The first kappa shape index (κ1) is 21.4. The van der Waals surface area contributed by atoms with Crippen molar-refractivity contribution in [3.8, 4) is 5.75 Å². The van der Waals surface area contributed by atoms with Crippen LogP contribution in [0.25, 0.3) is 0 Å². The Balaban J connectivity index is 1.71. The van der Waals surface area contributed by atoms with Crippen LogP contribution in [0.4, 0.5) is 5.69 Å². The molecule has 2 heterocycles. The number of ether oxygens (including phenoxy) is 1. The zero-order chi connectivity index (χ0) is 20.9. The van der Waals surface area contributed by atoms with Crippen LogP contribution in [0, 0.1) is 0 Å². The Kier molecular flexibility index (Phi) is 6.94. The van der Waals surface area contributed by atoms with Gasteiger partial charge in [0.1, 0.15) is 17.2 Å². The molecule has 29 heavy (non-hydrogen) atoms. The smallest absolute Gasteiger partial charge is 0.279 e. The minimum atomic E-state index is -3.68. The molecule has 9 heteroatoms. The molecule has 2 N–H and O–H groups in total. The SMILES string of the molecule is COc1ccc(NC(=O)C[NH+](C)Cc2ccco2)cc1S(=O)(=O)N1CCCCC1. The summed E-state index contributed by atoms with van der Waals surface area (Å²) in [6, 6.07) is 8.37. The van der Waals surface area contributed by atoms with E-state index in [1.165, 1.54) is 17.5 Å². The van der Waals surface area contributed by atoms with E-state index in [0.29, 0.717) is 25.3 Å². The molecular formula is C20H28N3O5S+. The highest BCUT2D eigenvalue weighted by Crippen LogP contribution is 2.31. The van der Waals surface area contributed by atoms with E-state index in [0.717, 1.165) is 29.9 Å². The highest BCUT2D eigenvalue weighted by atomic mass is 32.2. The summed E-state index contributed by atoms with van der Waals surface area (Å²) in [7, 11) is -0.350. The molecule has 0 bridgehead atoms. The van der Waals surface area contributed by atoms with Gasteiger partial charge in [-0.1, -0.05) is 6.42 Å². The van der Waals surface area contributed by atoms with Crippen molar-refractivity contribution >= 4 is 21.6 Å². The van der Waals surface area contributed by atoms with Crippen LogP contribution in [-0.4, -0.2) is 52.4 Å². The van der Waals surface area contributed by atoms with Gasteiger partial charge in [-0.25, -0.2) is 8.42 Å². The quantitative estimate of drug-likeness (QED) is 0.665. The third kappa shape index (κ3) is 5.37. The van der Waals surface area contributed by atoms with Crippen molar-refractivity contribution < 1.29 is 27.3 Å². The van der Waals surface area contributed by atoms with E-state index < -0.39 is 10.0 Å². The van der Waals surface area contributed by atoms with Crippen LogP contribution in [0.5, 0.6) is 5.75 Å². The Labute approximate surface area is 171 Å². The Hall–Kier alpha value is -2.36. The fourth-order valence-electron chi connectivity index (χ4n) is 3.45. The van der Waals surface area contributed by atoms with Crippen molar-refractivity contribution in [2.24, 2.45) is 0 Å². The van der Waals surface area contributed by atoms with Gasteiger partial charge in [0.05, 0.1) is 20.4 Å². The Bertz CT molecular complexity index is 922. The Morgan fingerprint density at radius 1 is 1.24 bits per heavy atom. The number of piperidine rings is 1. The van der Waals surface area contributed by atoms with Crippen molar-refractivity contribution in [1.82, 2.24) is 4.31 Å². The third-order valence-corrected chi connectivity index (χ3v) is 6.82. The highest BCUT2D eigenvalue weighted by molar-refractivity contribution is 7.89. The fraction of sp³-hybridized carbons (Fsp3) is 0.450. The Morgan fingerprint density at radius 2 is 2.00 bits per heavy atom. The molecule has 1 aliphatic rings. The highest BCUT2D eigenvalue weighted by Gasteiger charge is 2.29. The van der Waals surface area contributed by atoms with Gasteiger partial charge in [-0.2, -0.15) is 4.31 Å². The van der Waals surface area contributed by atoms with Gasteiger partial charge in [-0.05, 0) is 43.2 Å². The number of likely N-dealkylation sites (N-methyl/N-ethyl adjacent to an activating group) is 1. The van der Waals surface area contributed by atoms with Gasteiger partial charge >= 0.3 is 0 Å². The van der Waals surface area contributed by atoms with Gasteiger partial charge in [-0.3, -0.25) is 4.79 Å².